The van der Waals surface area contributed by atoms with Crippen LogP contribution in [0.1, 0.15) is 22.7 Å². The van der Waals surface area contributed by atoms with Crippen LogP contribution in [-0.2, 0) is 12.8 Å². The van der Waals surface area contributed by atoms with Crippen LogP contribution in [0, 0.1) is 0 Å². The van der Waals surface area contributed by atoms with Gasteiger partial charge in [-0.05, 0) is 47.4 Å². The largest absolute Gasteiger partial charge is 0.497 e. The molecule has 1 atom stereocenters. The summed E-state index contributed by atoms with van der Waals surface area (Å²) in [7, 11) is 1.67. The summed E-state index contributed by atoms with van der Waals surface area (Å²) in [5, 5.41) is 0. The highest BCUT2D eigenvalue weighted by Crippen LogP contribution is 2.35. The lowest BCUT2D eigenvalue weighted by atomic mass is 9.97. The highest BCUT2D eigenvalue weighted by atomic mass is 79.9. The number of benzene rings is 2. The molecule has 1 aliphatic heterocycles. The van der Waals surface area contributed by atoms with Crippen LogP contribution in [0.2, 0.25) is 0 Å². The van der Waals surface area contributed by atoms with Gasteiger partial charge < -0.3 is 15.2 Å². The molecule has 110 valence electrons. The monoisotopic (exact) mass is 347 g/mol. The number of ether oxygens (including phenoxy) is 2. The second kappa shape index (κ2) is 6.08. The fraction of sp³-hybridized carbons (Fsp3) is 0.294. The molecule has 0 bridgehead atoms. The first-order valence-electron chi connectivity index (χ1n) is 7.01. The summed E-state index contributed by atoms with van der Waals surface area (Å²) in [4.78, 5) is 0. The average molecular weight is 348 g/mol. The van der Waals surface area contributed by atoms with E-state index in [1.807, 2.05) is 24.3 Å². The first-order valence-corrected chi connectivity index (χ1v) is 7.80. The fourth-order valence-electron chi connectivity index (χ4n) is 2.72. The summed E-state index contributed by atoms with van der Waals surface area (Å²) in [6, 6.07) is 12.1. The third kappa shape index (κ3) is 3.06. The fourth-order valence-corrected chi connectivity index (χ4v) is 3.28. The molecule has 3 rings (SSSR count). The summed E-state index contributed by atoms with van der Waals surface area (Å²) in [6.45, 7) is 0.757. The Balaban J connectivity index is 1.86. The van der Waals surface area contributed by atoms with E-state index < -0.39 is 0 Å². The minimum atomic E-state index is -0.0808. The maximum Gasteiger partial charge on any atom is 0.125 e. The number of hydrogen-bond acceptors (Lipinski definition) is 3. The Morgan fingerprint density at radius 3 is 3.00 bits per heavy atom. The van der Waals surface area contributed by atoms with E-state index in [1.54, 1.807) is 7.11 Å². The van der Waals surface area contributed by atoms with Crippen LogP contribution in [-0.4, -0.2) is 13.7 Å². The van der Waals surface area contributed by atoms with Crippen molar-refractivity contribution in [1.82, 2.24) is 0 Å². The van der Waals surface area contributed by atoms with Crippen LogP contribution in [0.25, 0.3) is 0 Å². The van der Waals surface area contributed by atoms with E-state index >= 15 is 0 Å². The van der Waals surface area contributed by atoms with Crippen LogP contribution >= 0.6 is 15.9 Å². The number of hydrogen-bond donors (Lipinski definition) is 1. The number of halogens is 1. The molecule has 2 aromatic rings. The van der Waals surface area contributed by atoms with Crippen molar-refractivity contribution >= 4 is 15.9 Å². The highest BCUT2D eigenvalue weighted by Gasteiger charge is 2.19. The minimum Gasteiger partial charge on any atom is -0.497 e. The van der Waals surface area contributed by atoms with E-state index in [1.165, 1.54) is 5.56 Å². The van der Waals surface area contributed by atoms with Crippen molar-refractivity contribution in [1.29, 1.82) is 0 Å². The van der Waals surface area contributed by atoms with E-state index in [0.717, 1.165) is 46.5 Å². The van der Waals surface area contributed by atoms with E-state index in [4.69, 9.17) is 15.2 Å². The molecule has 0 fully saturated rings. The van der Waals surface area contributed by atoms with Gasteiger partial charge in [-0.15, -0.1) is 0 Å². The first kappa shape index (κ1) is 14.4. The van der Waals surface area contributed by atoms with Gasteiger partial charge in [-0.1, -0.05) is 28.1 Å². The zero-order chi connectivity index (χ0) is 14.8. The molecule has 2 N–H and O–H groups in total. The Kier molecular flexibility index (Phi) is 4.17. The molecule has 0 saturated carbocycles. The van der Waals surface area contributed by atoms with Gasteiger partial charge in [0.05, 0.1) is 13.7 Å². The number of rotatable bonds is 4. The molecule has 21 heavy (non-hydrogen) atoms. The van der Waals surface area contributed by atoms with Gasteiger partial charge in [0.25, 0.3) is 0 Å². The lowest BCUT2D eigenvalue weighted by Crippen LogP contribution is -2.14. The van der Waals surface area contributed by atoms with Crippen molar-refractivity contribution in [2.45, 2.75) is 18.9 Å². The third-order valence-corrected chi connectivity index (χ3v) is 4.24. The quantitative estimate of drug-likeness (QED) is 0.918. The van der Waals surface area contributed by atoms with Crippen molar-refractivity contribution in [2.24, 2.45) is 5.73 Å². The third-order valence-electron chi connectivity index (χ3n) is 3.79. The number of methoxy groups -OCH3 is 1. The smallest absolute Gasteiger partial charge is 0.125 e. The Hall–Kier alpha value is -1.52. The lowest BCUT2D eigenvalue weighted by molar-refractivity contribution is 0.352. The van der Waals surface area contributed by atoms with E-state index in [0.29, 0.717) is 0 Å². The molecule has 0 spiro atoms. The second-order valence-electron chi connectivity index (χ2n) is 5.24. The summed E-state index contributed by atoms with van der Waals surface area (Å²) in [5.41, 5.74) is 9.86. The van der Waals surface area contributed by atoms with Crippen LogP contribution < -0.4 is 15.2 Å². The molecule has 1 aliphatic rings. The molecule has 1 heterocycles. The van der Waals surface area contributed by atoms with Gasteiger partial charge in [0.15, 0.2) is 0 Å². The average Bonchev–Trinajstić information content (AvgIpc) is 2.95. The normalized spacial score (nSPS) is 14.4. The molecule has 0 radical (unpaired) electrons. The topological polar surface area (TPSA) is 44.5 Å². The summed E-state index contributed by atoms with van der Waals surface area (Å²) in [5.74, 6) is 1.84. The SMILES string of the molecule is COc1cccc(C(N)Cc2cc(Br)cc3c2OCC3)c1. The van der Waals surface area contributed by atoms with E-state index in [-0.39, 0.29) is 6.04 Å². The highest BCUT2D eigenvalue weighted by molar-refractivity contribution is 9.10. The minimum absolute atomic E-state index is 0.0808. The van der Waals surface area contributed by atoms with Gasteiger partial charge in [-0.3, -0.25) is 0 Å². The Morgan fingerprint density at radius 1 is 1.33 bits per heavy atom. The zero-order valence-corrected chi connectivity index (χ0v) is 13.5. The van der Waals surface area contributed by atoms with Gasteiger partial charge in [0.1, 0.15) is 11.5 Å². The first-order chi connectivity index (χ1) is 10.2. The molecule has 0 aromatic heterocycles. The number of fused-ring (bicyclic) bond motifs is 1. The molecule has 3 nitrogen and oxygen atoms in total. The van der Waals surface area contributed by atoms with Crippen molar-refractivity contribution in [2.75, 3.05) is 13.7 Å². The van der Waals surface area contributed by atoms with Crippen LogP contribution in [0.15, 0.2) is 40.9 Å². The molecule has 0 amide bonds. The lowest BCUT2D eigenvalue weighted by Gasteiger charge is -2.16. The Morgan fingerprint density at radius 2 is 2.19 bits per heavy atom. The molecule has 4 heteroatoms. The summed E-state index contributed by atoms with van der Waals surface area (Å²) < 4.78 is 12.1. The van der Waals surface area contributed by atoms with Crippen LogP contribution in [0.3, 0.4) is 0 Å². The van der Waals surface area contributed by atoms with Gasteiger partial charge in [0, 0.05) is 16.9 Å². The molecular formula is C17H18BrNO2. The second-order valence-corrected chi connectivity index (χ2v) is 6.15. The Bertz CT molecular complexity index is 657. The zero-order valence-electron chi connectivity index (χ0n) is 11.9. The predicted octanol–water partition coefficient (Wildman–Crippen LogP) is 3.64. The van der Waals surface area contributed by atoms with Crippen molar-refractivity contribution in [3.8, 4) is 11.5 Å². The van der Waals surface area contributed by atoms with Gasteiger partial charge in [-0.2, -0.15) is 0 Å². The van der Waals surface area contributed by atoms with Crippen molar-refractivity contribution in [3.05, 3.63) is 57.6 Å². The van der Waals surface area contributed by atoms with Crippen molar-refractivity contribution < 1.29 is 9.47 Å². The predicted molar refractivity (Wildman–Crippen MR) is 87.0 cm³/mol. The summed E-state index contributed by atoms with van der Waals surface area (Å²) in [6.07, 6.45) is 1.71. The number of nitrogens with two attached hydrogens (primary N) is 1. The maximum absolute atomic E-state index is 6.37. The molecule has 0 saturated heterocycles. The van der Waals surface area contributed by atoms with Gasteiger partial charge in [0.2, 0.25) is 0 Å². The maximum atomic E-state index is 6.37. The Labute approximate surface area is 133 Å². The van der Waals surface area contributed by atoms with Crippen LogP contribution in [0.5, 0.6) is 11.5 Å². The summed E-state index contributed by atoms with van der Waals surface area (Å²) >= 11 is 3.57. The van der Waals surface area contributed by atoms with Gasteiger partial charge >= 0.3 is 0 Å². The van der Waals surface area contributed by atoms with E-state index in [2.05, 4.69) is 28.1 Å². The molecule has 2 aromatic carbocycles. The molecular weight excluding hydrogens is 330 g/mol. The standard InChI is InChI=1S/C17H18BrNO2/c1-20-15-4-2-3-11(9-15)16(19)10-13-8-14(18)7-12-5-6-21-17(12)13/h2-4,7-9,16H,5-6,10,19H2,1H3. The molecule has 0 aliphatic carbocycles. The molecule has 1 unspecified atom stereocenters. The van der Waals surface area contributed by atoms with E-state index in [9.17, 15) is 0 Å². The van der Waals surface area contributed by atoms with Gasteiger partial charge in [-0.25, -0.2) is 0 Å². The van der Waals surface area contributed by atoms with Crippen molar-refractivity contribution in [3.63, 3.8) is 0 Å². The van der Waals surface area contributed by atoms with Crippen LogP contribution in [0.4, 0.5) is 0 Å².